The van der Waals surface area contributed by atoms with Gasteiger partial charge in [-0.1, -0.05) is 12.1 Å². The lowest BCUT2D eigenvalue weighted by Crippen LogP contribution is -2.37. The third kappa shape index (κ3) is 4.44. The van der Waals surface area contributed by atoms with Crippen LogP contribution in [-0.2, 0) is 0 Å². The number of rotatable bonds is 5. The van der Waals surface area contributed by atoms with E-state index in [0.29, 0.717) is 49.7 Å². The van der Waals surface area contributed by atoms with Crippen LogP contribution in [0.4, 0.5) is 0 Å². The van der Waals surface area contributed by atoms with E-state index in [0.717, 1.165) is 12.2 Å². The van der Waals surface area contributed by atoms with Gasteiger partial charge in [-0.15, -0.1) is 0 Å². The first kappa shape index (κ1) is 19.7. The Hall–Kier alpha value is -3.02. The largest absolute Gasteiger partial charge is 0.496 e. The molecule has 28 heavy (non-hydrogen) atoms. The first-order chi connectivity index (χ1) is 13.6. The lowest BCUT2D eigenvalue weighted by atomic mass is 10.1. The Bertz CT molecular complexity index is 820. The zero-order chi connectivity index (χ0) is 19.9. The van der Waals surface area contributed by atoms with Gasteiger partial charge in [0.05, 0.1) is 19.3 Å². The van der Waals surface area contributed by atoms with Crippen molar-refractivity contribution in [3.8, 4) is 11.5 Å². The van der Waals surface area contributed by atoms with Crippen LogP contribution in [0.2, 0.25) is 0 Å². The van der Waals surface area contributed by atoms with Crippen LogP contribution in [0.1, 0.15) is 34.1 Å². The van der Waals surface area contributed by atoms with Gasteiger partial charge in [-0.2, -0.15) is 0 Å². The fraction of sp³-hybridized carbons (Fsp3) is 0.364. The van der Waals surface area contributed by atoms with E-state index >= 15 is 0 Å². The minimum Gasteiger partial charge on any atom is -0.496 e. The van der Waals surface area contributed by atoms with Gasteiger partial charge in [0.1, 0.15) is 11.5 Å². The fourth-order valence-corrected chi connectivity index (χ4v) is 3.36. The van der Waals surface area contributed by atoms with Gasteiger partial charge < -0.3 is 19.3 Å². The SMILES string of the molecule is CCOc1ccc(C(=O)N2CCCN(C(=O)c3ccccc3OC)CC2)cc1. The van der Waals surface area contributed by atoms with Crippen molar-refractivity contribution in [1.29, 1.82) is 0 Å². The maximum atomic E-state index is 12.9. The van der Waals surface area contributed by atoms with Crippen LogP contribution >= 0.6 is 0 Å². The third-order valence-electron chi connectivity index (χ3n) is 4.82. The molecule has 0 aliphatic carbocycles. The number of hydrogen-bond acceptors (Lipinski definition) is 4. The average molecular weight is 382 g/mol. The quantitative estimate of drug-likeness (QED) is 0.797. The van der Waals surface area contributed by atoms with Gasteiger partial charge in [-0.25, -0.2) is 0 Å². The number of nitrogens with zero attached hydrogens (tertiary/aromatic N) is 2. The number of para-hydroxylation sites is 1. The summed E-state index contributed by atoms with van der Waals surface area (Å²) in [5.41, 5.74) is 1.18. The highest BCUT2D eigenvalue weighted by Gasteiger charge is 2.25. The smallest absolute Gasteiger partial charge is 0.257 e. The van der Waals surface area contributed by atoms with Crippen LogP contribution in [0.25, 0.3) is 0 Å². The molecule has 1 fully saturated rings. The van der Waals surface area contributed by atoms with Crippen LogP contribution in [0.15, 0.2) is 48.5 Å². The number of ether oxygens (including phenoxy) is 2. The summed E-state index contributed by atoms with van der Waals surface area (Å²) < 4.78 is 10.7. The Labute approximate surface area is 165 Å². The van der Waals surface area contributed by atoms with Gasteiger partial charge in [0.2, 0.25) is 0 Å². The van der Waals surface area contributed by atoms with E-state index in [1.54, 1.807) is 36.3 Å². The maximum Gasteiger partial charge on any atom is 0.257 e. The molecular weight excluding hydrogens is 356 g/mol. The van der Waals surface area contributed by atoms with Crippen LogP contribution < -0.4 is 9.47 Å². The molecule has 6 nitrogen and oxygen atoms in total. The molecule has 0 N–H and O–H groups in total. The lowest BCUT2D eigenvalue weighted by Gasteiger charge is -2.23. The van der Waals surface area contributed by atoms with Gasteiger partial charge in [-0.05, 0) is 49.7 Å². The molecule has 0 unspecified atom stereocenters. The molecule has 6 heteroatoms. The monoisotopic (exact) mass is 382 g/mol. The van der Waals surface area contributed by atoms with Crippen molar-refractivity contribution in [3.05, 3.63) is 59.7 Å². The Morgan fingerprint density at radius 1 is 0.893 bits per heavy atom. The molecule has 1 saturated heterocycles. The minimum absolute atomic E-state index is 0.0189. The topological polar surface area (TPSA) is 59.1 Å². The predicted octanol–water partition coefficient (Wildman–Crippen LogP) is 3.08. The standard InChI is InChI=1S/C22H26N2O4/c1-3-28-18-11-9-17(10-12-18)21(25)23-13-6-14-24(16-15-23)22(26)19-7-4-5-8-20(19)27-2/h4-5,7-12H,3,6,13-16H2,1-2H3. The van der Waals surface area contributed by atoms with Gasteiger partial charge in [0.25, 0.3) is 11.8 Å². The molecule has 0 spiro atoms. The maximum absolute atomic E-state index is 12.9. The summed E-state index contributed by atoms with van der Waals surface area (Å²) in [6, 6.07) is 14.4. The number of methoxy groups -OCH3 is 1. The fourth-order valence-electron chi connectivity index (χ4n) is 3.36. The van der Waals surface area contributed by atoms with Crippen molar-refractivity contribution in [2.45, 2.75) is 13.3 Å². The zero-order valence-electron chi connectivity index (χ0n) is 16.4. The van der Waals surface area contributed by atoms with Crippen molar-refractivity contribution < 1.29 is 19.1 Å². The number of benzene rings is 2. The van der Waals surface area contributed by atoms with Crippen LogP contribution in [0.3, 0.4) is 0 Å². The van der Waals surface area contributed by atoms with Crippen LogP contribution in [-0.4, -0.2) is 61.5 Å². The molecule has 0 bridgehead atoms. The van der Waals surface area contributed by atoms with E-state index in [1.165, 1.54) is 0 Å². The van der Waals surface area contributed by atoms with Crippen molar-refractivity contribution in [1.82, 2.24) is 9.80 Å². The van der Waals surface area contributed by atoms with Gasteiger partial charge in [0.15, 0.2) is 0 Å². The highest BCUT2D eigenvalue weighted by molar-refractivity contribution is 5.97. The van der Waals surface area contributed by atoms with Crippen molar-refractivity contribution in [3.63, 3.8) is 0 Å². The Morgan fingerprint density at radius 3 is 2.18 bits per heavy atom. The second kappa shape index (κ2) is 9.26. The molecule has 3 rings (SSSR count). The summed E-state index contributed by atoms with van der Waals surface area (Å²) in [5, 5.41) is 0. The number of carbonyl (C=O) groups excluding carboxylic acids is 2. The molecule has 2 amide bonds. The second-order valence-electron chi connectivity index (χ2n) is 6.60. The van der Waals surface area contributed by atoms with E-state index in [9.17, 15) is 9.59 Å². The van der Waals surface area contributed by atoms with Crippen molar-refractivity contribution >= 4 is 11.8 Å². The predicted molar refractivity (Wildman–Crippen MR) is 107 cm³/mol. The number of amides is 2. The summed E-state index contributed by atoms with van der Waals surface area (Å²) in [6.45, 7) is 4.77. The van der Waals surface area contributed by atoms with Crippen molar-refractivity contribution in [2.75, 3.05) is 39.9 Å². The number of hydrogen-bond donors (Lipinski definition) is 0. The molecule has 0 atom stereocenters. The molecule has 2 aromatic rings. The molecule has 1 heterocycles. The van der Waals surface area contributed by atoms with Crippen LogP contribution in [0.5, 0.6) is 11.5 Å². The zero-order valence-corrected chi connectivity index (χ0v) is 16.4. The lowest BCUT2D eigenvalue weighted by molar-refractivity contribution is 0.0717. The molecule has 1 aliphatic heterocycles. The molecule has 0 saturated carbocycles. The van der Waals surface area contributed by atoms with Gasteiger partial charge >= 0.3 is 0 Å². The molecule has 0 radical (unpaired) electrons. The van der Waals surface area contributed by atoms with E-state index in [4.69, 9.17) is 9.47 Å². The van der Waals surface area contributed by atoms with Gasteiger partial charge in [-0.3, -0.25) is 9.59 Å². The number of carbonyl (C=O) groups is 2. The Balaban J connectivity index is 1.65. The Morgan fingerprint density at radius 2 is 1.54 bits per heavy atom. The highest BCUT2D eigenvalue weighted by atomic mass is 16.5. The summed E-state index contributed by atoms with van der Waals surface area (Å²) in [7, 11) is 1.56. The first-order valence-electron chi connectivity index (χ1n) is 9.58. The van der Waals surface area contributed by atoms with Crippen molar-refractivity contribution in [2.24, 2.45) is 0 Å². The summed E-state index contributed by atoms with van der Waals surface area (Å²) in [4.78, 5) is 29.3. The van der Waals surface area contributed by atoms with E-state index in [2.05, 4.69) is 0 Å². The summed E-state index contributed by atoms with van der Waals surface area (Å²) in [5.74, 6) is 1.24. The highest BCUT2D eigenvalue weighted by Crippen LogP contribution is 2.21. The average Bonchev–Trinajstić information content (AvgIpc) is 3.00. The molecule has 1 aliphatic rings. The third-order valence-corrected chi connectivity index (χ3v) is 4.82. The second-order valence-corrected chi connectivity index (χ2v) is 6.60. The molecule has 2 aromatic carbocycles. The molecule has 0 aromatic heterocycles. The van der Waals surface area contributed by atoms with Gasteiger partial charge in [0, 0.05) is 31.7 Å². The molecular formula is C22H26N2O4. The minimum atomic E-state index is -0.0622. The van der Waals surface area contributed by atoms with Crippen LogP contribution in [0, 0.1) is 0 Å². The van der Waals surface area contributed by atoms with E-state index in [-0.39, 0.29) is 11.8 Å². The normalized spacial score (nSPS) is 14.4. The summed E-state index contributed by atoms with van der Waals surface area (Å²) in [6.07, 6.45) is 0.740. The first-order valence-corrected chi connectivity index (χ1v) is 9.58. The molecule has 148 valence electrons. The summed E-state index contributed by atoms with van der Waals surface area (Å²) >= 11 is 0. The Kier molecular flexibility index (Phi) is 6.53. The van der Waals surface area contributed by atoms with E-state index in [1.807, 2.05) is 36.1 Å². The van der Waals surface area contributed by atoms with E-state index < -0.39 is 0 Å².